The number of piperazine rings is 1. The van der Waals surface area contributed by atoms with Crippen molar-refractivity contribution in [3.05, 3.63) is 53.9 Å². The van der Waals surface area contributed by atoms with E-state index in [2.05, 4.69) is 9.97 Å². The predicted molar refractivity (Wildman–Crippen MR) is 98.7 cm³/mol. The lowest BCUT2D eigenvalue weighted by Crippen LogP contribution is -2.46. The van der Waals surface area contributed by atoms with E-state index >= 15 is 0 Å². The van der Waals surface area contributed by atoms with E-state index in [1.807, 2.05) is 42.2 Å². The summed E-state index contributed by atoms with van der Waals surface area (Å²) in [6.07, 6.45) is 2.48. The summed E-state index contributed by atoms with van der Waals surface area (Å²) in [7, 11) is 0. The third-order valence-corrected chi connectivity index (χ3v) is 4.49. The van der Waals surface area contributed by atoms with Crippen LogP contribution in [0, 0.1) is 0 Å². The van der Waals surface area contributed by atoms with Crippen molar-refractivity contribution in [1.82, 2.24) is 19.8 Å². The number of benzene rings is 1. The molecule has 2 aromatic rings. The Hall–Kier alpha value is -2.96. The number of nitrogens with zero attached hydrogens (tertiary/aromatic N) is 5. The van der Waals surface area contributed by atoms with Gasteiger partial charge in [0.05, 0.1) is 0 Å². The molecule has 1 aliphatic rings. The Kier molecular flexibility index (Phi) is 5.78. The van der Waals surface area contributed by atoms with Gasteiger partial charge in [-0.1, -0.05) is 30.3 Å². The molecule has 1 aromatic carbocycles. The van der Waals surface area contributed by atoms with Gasteiger partial charge in [-0.3, -0.25) is 9.59 Å². The predicted octanol–water partition coefficient (Wildman–Crippen LogP) is 1.42. The molecule has 26 heavy (non-hydrogen) atoms. The zero-order chi connectivity index (χ0) is 18.4. The number of amides is 2. The van der Waals surface area contributed by atoms with E-state index in [9.17, 15) is 9.59 Å². The first-order valence-electron chi connectivity index (χ1n) is 8.81. The molecular formula is C19H23N5O2. The van der Waals surface area contributed by atoms with Gasteiger partial charge in [-0.2, -0.15) is 0 Å². The Labute approximate surface area is 153 Å². The molecule has 0 atom stereocenters. The lowest BCUT2D eigenvalue weighted by Gasteiger charge is -2.32. The van der Waals surface area contributed by atoms with Gasteiger partial charge < -0.3 is 14.7 Å². The first kappa shape index (κ1) is 17.8. The number of carbonyl (C=O) groups is 2. The maximum atomic E-state index is 12.9. The molecular weight excluding hydrogens is 330 g/mol. The number of anilines is 1. The fraction of sp³-hybridized carbons (Fsp3) is 0.368. The van der Waals surface area contributed by atoms with E-state index in [0.717, 1.165) is 12.0 Å². The molecule has 1 aliphatic heterocycles. The molecule has 1 aromatic heterocycles. The number of hydrogen-bond acceptors (Lipinski definition) is 5. The van der Waals surface area contributed by atoms with Crippen molar-refractivity contribution in [2.24, 2.45) is 0 Å². The normalized spacial score (nSPS) is 14.2. The third-order valence-electron chi connectivity index (χ3n) is 4.49. The Morgan fingerprint density at radius 1 is 1.15 bits per heavy atom. The first-order valence-corrected chi connectivity index (χ1v) is 8.81. The Bertz CT molecular complexity index is 745. The van der Waals surface area contributed by atoms with Gasteiger partial charge in [-0.05, 0) is 18.6 Å². The van der Waals surface area contributed by atoms with Gasteiger partial charge in [0, 0.05) is 45.5 Å². The van der Waals surface area contributed by atoms with Gasteiger partial charge in [0.1, 0.15) is 5.69 Å². The van der Waals surface area contributed by atoms with E-state index in [4.69, 9.17) is 0 Å². The second kappa shape index (κ2) is 8.42. The molecule has 0 aliphatic carbocycles. The number of carbonyl (C=O) groups excluding carboxylic acids is 2. The fourth-order valence-corrected chi connectivity index (χ4v) is 2.94. The zero-order valence-electron chi connectivity index (χ0n) is 14.9. The molecule has 1 saturated heterocycles. The molecule has 0 N–H and O–H groups in total. The Balaban J connectivity index is 1.72. The maximum absolute atomic E-state index is 12.9. The molecule has 136 valence electrons. The molecule has 0 unspecified atom stereocenters. The van der Waals surface area contributed by atoms with E-state index in [-0.39, 0.29) is 5.91 Å². The monoisotopic (exact) mass is 353 g/mol. The largest absolute Gasteiger partial charge is 0.342 e. The van der Waals surface area contributed by atoms with Crippen LogP contribution in [0.3, 0.4) is 0 Å². The van der Waals surface area contributed by atoms with Crippen LogP contribution in [0.2, 0.25) is 0 Å². The number of aromatic nitrogens is 2. The molecule has 0 radical (unpaired) electrons. The summed E-state index contributed by atoms with van der Waals surface area (Å²) in [4.78, 5) is 38.0. The summed E-state index contributed by atoms with van der Waals surface area (Å²) in [5.74, 6) is 0.434. The van der Waals surface area contributed by atoms with Gasteiger partial charge in [-0.15, -0.1) is 0 Å². The van der Waals surface area contributed by atoms with Crippen LogP contribution in [0.15, 0.2) is 42.6 Å². The quantitative estimate of drug-likeness (QED) is 0.735. The smallest absolute Gasteiger partial charge is 0.272 e. The van der Waals surface area contributed by atoms with Crippen molar-refractivity contribution in [1.29, 1.82) is 0 Å². The summed E-state index contributed by atoms with van der Waals surface area (Å²) in [6.45, 7) is 5.72. The summed E-state index contributed by atoms with van der Waals surface area (Å²) < 4.78 is 0. The minimum absolute atomic E-state index is 0.105. The van der Waals surface area contributed by atoms with Crippen molar-refractivity contribution in [2.75, 3.05) is 37.6 Å². The highest BCUT2D eigenvalue weighted by Gasteiger charge is 2.21. The average Bonchev–Trinajstić information content (AvgIpc) is 2.72. The molecule has 2 amide bonds. The van der Waals surface area contributed by atoms with Gasteiger partial charge >= 0.3 is 0 Å². The van der Waals surface area contributed by atoms with Crippen molar-refractivity contribution >= 4 is 18.3 Å². The van der Waals surface area contributed by atoms with Crippen molar-refractivity contribution in [2.45, 2.75) is 13.5 Å². The number of hydrogen-bond donors (Lipinski definition) is 0. The van der Waals surface area contributed by atoms with E-state index in [0.29, 0.717) is 50.9 Å². The van der Waals surface area contributed by atoms with Crippen LogP contribution in [0.5, 0.6) is 0 Å². The van der Waals surface area contributed by atoms with Gasteiger partial charge in [0.25, 0.3) is 5.91 Å². The van der Waals surface area contributed by atoms with Crippen molar-refractivity contribution in [3.8, 4) is 0 Å². The van der Waals surface area contributed by atoms with Crippen LogP contribution in [0.4, 0.5) is 5.95 Å². The SMILES string of the molecule is CCN(Cc1ccccc1)C(=O)c1ccnc(N2CCN(C=O)CC2)n1. The Morgan fingerprint density at radius 2 is 1.88 bits per heavy atom. The zero-order valence-corrected chi connectivity index (χ0v) is 14.9. The second-order valence-electron chi connectivity index (χ2n) is 6.18. The maximum Gasteiger partial charge on any atom is 0.272 e. The molecule has 0 saturated carbocycles. The summed E-state index contributed by atoms with van der Waals surface area (Å²) in [5.41, 5.74) is 1.48. The van der Waals surface area contributed by atoms with Crippen LogP contribution in [0.25, 0.3) is 0 Å². The van der Waals surface area contributed by atoms with Crippen molar-refractivity contribution in [3.63, 3.8) is 0 Å². The highest BCUT2D eigenvalue weighted by Crippen LogP contribution is 2.13. The van der Waals surface area contributed by atoms with Gasteiger partial charge in [-0.25, -0.2) is 9.97 Å². The lowest BCUT2D eigenvalue weighted by atomic mass is 10.2. The van der Waals surface area contributed by atoms with Crippen molar-refractivity contribution < 1.29 is 9.59 Å². The van der Waals surface area contributed by atoms with Crippen LogP contribution in [0.1, 0.15) is 23.0 Å². The van der Waals surface area contributed by atoms with Gasteiger partial charge in [0.15, 0.2) is 0 Å². The summed E-state index contributed by atoms with van der Waals surface area (Å²) in [6, 6.07) is 11.6. The molecule has 2 heterocycles. The first-order chi connectivity index (χ1) is 12.7. The molecule has 0 spiro atoms. The molecule has 7 nitrogen and oxygen atoms in total. The molecule has 1 fully saturated rings. The van der Waals surface area contributed by atoms with Crippen LogP contribution in [-0.2, 0) is 11.3 Å². The highest BCUT2D eigenvalue weighted by molar-refractivity contribution is 5.92. The number of rotatable bonds is 6. The summed E-state index contributed by atoms with van der Waals surface area (Å²) in [5, 5.41) is 0. The van der Waals surface area contributed by atoms with E-state index in [1.165, 1.54) is 0 Å². The molecule has 7 heteroatoms. The fourth-order valence-electron chi connectivity index (χ4n) is 2.94. The molecule has 3 rings (SSSR count). The average molecular weight is 353 g/mol. The minimum atomic E-state index is -0.105. The topological polar surface area (TPSA) is 69.6 Å². The summed E-state index contributed by atoms with van der Waals surface area (Å²) >= 11 is 0. The van der Waals surface area contributed by atoms with Crippen LogP contribution < -0.4 is 4.90 Å². The third kappa shape index (κ3) is 4.17. The van der Waals surface area contributed by atoms with Crippen LogP contribution >= 0.6 is 0 Å². The Morgan fingerprint density at radius 3 is 2.54 bits per heavy atom. The lowest BCUT2D eigenvalue weighted by molar-refractivity contribution is -0.118. The second-order valence-corrected chi connectivity index (χ2v) is 6.18. The van der Waals surface area contributed by atoms with Crippen LogP contribution in [-0.4, -0.2) is 64.8 Å². The standard InChI is InChI=1S/C19H23N5O2/c1-2-23(14-16-6-4-3-5-7-16)18(26)17-8-9-20-19(21-17)24-12-10-22(15-25)11-13-24/h3-9,15H,2,10-14H2,1H3. The highest BCUT2D eigenvalue weighted by atomic mass is 16.2. The minimum Gasteiger partial charge on any atom is -0.342 e. The van der Waals surface area contributed by atoms with Gasteiger partial charge in [0.2, 0.25) is 12.4 Å². The van der Waals surface area contributed by atoms with E-state index in [1.54, 1.807) is 22.1 Å². The van der Waals surface area contributed by atoms with E-state index < -0.39 is 0 Å². The molecule has 0 bridgehead atoms.